The maximum absolute atomic E-state index is 12.2. The molecular weight excluding hydrogens is 290 g/mol. The third-order valence-corrected chi connectivity index (χ3v) is 3.89. The smallest absolute Gasteiger partial charge is 0.242 e. The fourth-order valence-electron chi connectivity index (χ4n) is 1.54. The topological polar surface area (TPSA) is 92.2 Å². The van der Waals surface area contributed by atoms with Crippen LogP contribution in [0.5, 0.6) is 0 Å². The van der Waals surface area contributed by atoms with Gasteiger partial charge < -0.3 is 5.11 Å². The van der Waals surface area contributed by atoms with E-state index < -0.39 is 10.0 Å². The predicted molar refractivity (Wildman–Crippen MR) is 76.5 cm³/mol. The second-order valence-electron chi connectivity index (χ2n) is 4.06. The van der Waals surface area contributed by atoms with Gasteiger partial charge in [0.1, 0.15) is 11.5 Å². The molecular formula is C14H13N3O3S. The molecule has 0 saturated heterocycles. The SMILES string of the molecule is O=S(=O)(NCc1cccnc1)c1cncc(C#CCO)c1. The summed E-state index contributed by atoms with van der Waals surface area (Å²) >= 11 is 0. The number of aliphatic hydroxyl groups is 1. The van der Waals surface area contributed by atoms with Crippen molar-refractivity contribution < 1.29 is 13.5 Å². The van der Waals surface area contributed by atoms with E-state index in [9.17, 15) is 8.42 Å². The van der Waals surface area contributed by atoms with E-state index >= 15 is 0 Å². The average molecular weight is 303 g/mol. The molecule has 2 N–H and O–H groups in total. The molecule has 2 aromatic rings. The van der Waals surface area contributed by atoms with Crippen molar-refractivity contribution in [3.8, 4) is 11.8 Å². The molecule has 0 aliphatic rings. The van der Waals surface area contributed by atoms with Gasteiger partial charge >= 0.3 is 0 Å². The summed E-state index contributed by atoms with van der Waals surface area (Å²) in [7, 11) is -3.68. The zero-order valence-corrected chi connectivity index (χ0v) is 11.8. The number of hydrogen-bond acceptors (Lipinski definition) is 5. The Kier molecular flexibility index (Phi) is 5.00. The Morgan fingerprint density at radius 2 is 2.10 bits per heavy atom. The quantitative estimate of drug-likeness (QED) is 0.793. The first-order chi connectivity index (χ1) is 10.1. The standard InChI is InChI=1S/C14H13N3O3S/c18-6-2-4-12-7-14(11-16-8-12)21(19,20)17-10-13-3-1-5-15-9-13/h1,3,5,7-9,11,17-18H,6,10H2. The minimum absolute atomic E-state index is 0.0242. The highest BCUT2D eigenvalue weighted by Gasteiger charge is 2.14. The van der Waals surface area contributed by atoms with E-state index in [0.29, 0.717) is 5.56 Å². The van der Waals surface area contributed by atoms with Gasteiger partial charge in [-0.15, -0.1) is 0 Å². The maximum Gasteiger partial charge on any atom is 0.242 e. The van der Waals surface area contributed by atoms with Gasteiger partial charge in [0.05, 0.1) is 0 Å². The molecule has 7 heteroatoms. The van der Waals surface area contributed by atoms with Crippen molar-refractivity contribution in [1.82, 2.24) is 14.7 Å². The fraction of sp³-hybridized carbons (Fsp3) is 0.143. The van der Waals surface area contributed by atoms with Gasteiger partial charge in [0.25, 0.3) is 0 Å². The largest absolute Gasteiger partial charge is 0.384 e. The van der Waals surface area contributed by atoms with Gasteiger partial charge in [0.2, 0.25) is 10.0 Å². The summed E-state index contributed by atoms with van der Waals surface area (Å²) < 4.78 is 26.8. The fourth-order valence-corrected chi connectivity index (χ4v) is 2.55. The van der Waals surface area contributed by atoms with Crippen LogP contribution in [0.2, 0.25) is 0 Å². The highest BCUT2D eigenvalue weighted by Crippen LogP contribution is 2.09. The van der Waals surface area contributed by atoms with E-state index in [2.05, 4.69) is 26.5 Å². The lowest BCUT2D eigenvalue weighted by Gasteiger charge is -2.06. The molecule has 2 rings (SSSR count). The Balaban J connectivity index is 2.16. The molecule has 0 aliphatic heterocycles. The van der Waals surface area contributed by atoms with Crippen LogP contribution in [0, 0.1) is 11.8 Å². The lowest BCUT2D eigenvalue weighted by Crippen LogP contribution is -2.23. The van der Waals surface area contributed by atoms with Crippen molar-refractivity contribution in [2.45, 2.75) is 11.4 Å². The van der Waals surface area contributed by atoms with E-state index in [1.165, 1.54) is 18.5 Å². The number of aliphatic hydroxyl groups excluding tert-OH is 1. The molecule has 0 amide bonds. The van der Waals surface area contributed by atoms with E-state index in [1.54, 1.807) is 24.5 Å². The molecule has 0 unspecified atom stereocenters. The molecule has 0 radical (unpaired) electrons. The molecule has 0 bridgehead atoms. The molecule has 0 aliphatic carbocycles. The molecule has 0 spiro atoms. The molecule has 0 aromatic carbocycles. The first-order valence-corrected chi connectivity index (χ1v) is 7.53. The first-order valence-electron chi connectivity index (χ1n) is 6.05. The number of pyridine rings is 2. The van der Waals surface area contributed by atoms with Crippen LogP contribution in [0.15, 0.2) is 47.9 Å². The molecule has 2 aromatic heterocycles. The number of nitrogens with zero attached hydrogens (tertiary/aromatic N) is 2. The predicted octanol–water partition coefficient (Wildman–Crippen LogP) is 0.299. The van der Waals surface area contributed by atoms with Gasteiger partial charge in [-0.1, -0.05) is 17.9 Å². The summed E-state index contributed by atoms with van der Waals surface area (Å²) in [6, 6.07) is 4.91. The van der Waals surface area contributed by atoms with Gasteiger partial charge in [-0.25, -0.2) is 13.1 Å². The van der Waals surface area contributed by atoms with Crippen LogP contribution in [0.3, 0.4) is 0 Å². The highest BCUT2D eigenvalue weighted by atomic mass is 32.2. The molecule has 2 heterocycles. The number of aromatic nitrogens is 2. The van der Waals surface area contributed by atoms with Crippen LogP contribution >= 0.6 is 0 Å². The van der Waals surface area contributed by atoms with Gasteiger partial charge in [-0.2, -0.15) is 0 Å². The molecule has 0 fully saturated rings. The summed E-state index contributed by atoms with van der Waals surface area (Å²) in [5.74, 6) is 5.06. The van der Waals surface area contributed by atoms with E-state index in [4.69, 9.17) is 5.11 Å². The minimum Gasteiger partial charge on any atom is -0.384 e. The van der Waals surface area contributed by atoms with E-state index in [-0.39, 0.29) is 18.0 Å². The van der Waals surface area contributed by atoms with Crippen molar-refractivity contribution >= 4 is 10.0 Å². The molecule has 108 valence electrons. The maximum atomic E-state index is 12.2. The number of hydrogen-bond donors (Lipinski definition) is 2. The van der Waals surface area contributed by atoms with Gasteiger partial charge in [0, 0.05) is 36.9 Å². The Hall–Kier alpha value is -2.27. The van der Waals surface area contributed by atoms with Gasteiger partial charge in [-0.3, -0.25) is 9.97 Å². The lowest BCUT2D eigenvalue weighted by atomic mass is 10.3. The van der Waals surface area contributed by atoms with Gasteiger partial charge in [0.15, 0.2) is 0 Å². The van der Waals surface area contributed by atoms with Crippen LogP contribution < -0.4 is 4.72 Å². The summed E-state index contributed by atoms with van der Waals surface area (Å²) in [6.45, 7) is -0.154. The highest BCUT2D eigenvalue weighted by molar-refractivity contribution is 7.89. The minimum atomic E-state index is -3.68. The van der Waals surface area contributed by atoms with Crippen molar-refractivity contribution in [2.24, 2.45) is 0 Å². The zero-order chi connectivity index (χ0) is 15.1. The van der Waals surface area contributed by atoms with E-state index in [1.807, 2.05) is 0 Å². The van der Waals surface area contributed by atoms with Crippen LogP contribution in [0.25, 0.3) is 0 Å². The summed E-state index contributed by atoms with van der Waals surface area (Å²) in [6.07, 6.45) is 5.88. The van der Waals surface area contributed by atoms with Crippen molar-refractivity contribution in [3.63, 3.8) is 0 Å². The van der Waals surface area contributed by atoms with Gasteiger partial charge in [-0.05, 0) is 17.7 Å². The number of rotatable bonds is 4. The van der Waals surface area contributed by atoms with Crippen LogP contribution in [-0.2, 0) is 16.6 Å². The molecule has 6 nitrogen and oxygen atoms in total. The third kappa shape index (κ3) is 4.36. The van der Waals surface area contributed by atoms with Crippen molar-refractivity contribution in [3.05, 3.63) is 54.1 Å². The molecule has 21 heavy (non-hydrogen) atoms. The van der Waals surface area contributed by atoms with Crippen LogP contribution in [0.1, 0.15) is 11.1 Å². The number of nitrogens with one attached hydrogen (secondary N) is 1. The van der Waals surface area contributed by atoms with Crippen LogP contribution in [0.4, 0.5) is 0 Å². The summed E-state index contributed by atoms with van der Waals surface area (Å²) in [5.41, 5.74) is 1.18. The summed E-state index contributed by atoms with van der Waals surface area (Å²) in [4.78, 5) is 7.78. The lowest BCUT2D eigenvalue weighted by molar-refractivity contribution is 0.350. The monoisotopic (exact) mass is 303 g/mol. The Labute approximate surface area is 122 Å². The molecule has 0 saturated carbocycles. The number of sulfonamides is 1. The Bertz CT molecular complexity index is 765. The van der Waals surface area contributed by atoms with Crippen molar-refractivity contribution in [1.29, 1.82) is 0 Å². The first kappa shape index (κ1) is 15.1. The molecule has 0 atom stereocenters. The third-order valence-electron chi connectivity index (χ3n) is 2.52. The Morgan fingerprint density at radius 1 is 1.24 bits per heavy atom. The van der Waals surface area contributed by atoms with E-state index in [0.717, 1.165) is 5.56 Å². The van der Waals surface area contributed by atoms with Crippen LogP contribution in [-0.4, -0.2) is 30.1 Å². The second-order valence-corrected chi connectivity index (χ2v) is 5.82. The zero-order valence-electron chi connectivity index (χ0n) is 11.0. The normalized spacial score (nSPS) is 10.7. The van der Waals surface area contributed by atoms with Crippen molar-refractivity contribution in [2.75, 3.05) is 6.61 Å². The Morgan fingerprint density at radius 3 is 2.81 bits per heavy atom. The average Bonchev–Trinajstić information content (AvgIpc) is 2.52. The second kappa shape index (κ2) is 6.95. The summed E-state index contributed by atoms with van der Waals surface area (Å²) in [5, 5.41) is 8.64.